The minimum atomic E-state index is -0.631. The maximum absolute atomic E-state index is 13.5. The van der Waals surface area contributed by atoms with Gasteiger partial charge in [-0.1, -0.05) is 31.9 Å². The zero-order chi connectivity index (χ0) is 16.4. The Bertz CT molecular complexity index is 663. The monoisotopic (exact) mass is 434 g/mol. The number of hydrazine groups is 3. The fourth-order valence-corrected chi connectivity index (χ4v) is 2.84. The van der Waals surface area contributed by atoms with Gasteiger partial charge < -0.3 is 5.43 Å². The lowest BCUT2D eigenvalue weighted by Gasteiger charge is -2.22. The third kappa shape index (κ3) is 3.75. The van der Waals surface area contributed by atoms with Gasteiger partial charge in [0.25, 0.3) is 0 Å². The molecule has 0 radical (unpaired) electrons. The highest BCUT2D eigenvalue weighted by Gasteiger charge is 2.09. The van der Waals surface area contributed by atoms with E-state index >= 15 is 0 Å². The molecule has 0 aliphatic carbocycles. The van der Waals surface area contributed by atoms with E-state index in [1.165, 1.54) is 24.2 Å². The molecule has 0 bridgehead atoms. The van der Waals surface area contributed by atoms with E-state index in [9.17, 15) is 8.78 Å². The number of benzene rings is 2. The molecule has 0 unspecified atom stereocenters. The molecular weight excluding hydrogens is 422 g/mol. The van der Waals surface area contributed by atoms with Gasteiger partial charge in [-0.2, -0.15) is 0 Å². The molecule has 0 saturated heterocycles. The summed E-state index contributed by atoms with van der Waals surface area (Å²) in [5, 5.41) is 1.20. The summed E-state index contributed by atoms with van der Waals surface area (Å²) in [7, 11) is 0. The zero-order valence-electron chi connectivity index (χ0n) is 11.8. The van der Waals surface area contributed by atoms with E-state index in [4.69, 9.17) is 5.84 Å². The first kappa shape index (κ1) is 17.1. The van der Waals surface area contributed by atoms with Crippen molar-refractivity contribution in [3.8, 4) is 0 Å². The third-order valence-corrected chi connectivity index (χ3v) is 4.79. The third-order valence-electron chi connectivity index (χ3n) is 3.15. The first-order valence-corrected chi connectivity index (χ1v) is 7.86. The average Bonchev–Trinajstić information content (AvgIpc) is 2.47. The van der Waals surface area contributed by atoms with Gasteiger partial charge >= 0.3 is 0 Å². The van der Waals surface area contributed by atoms with Crippen LogP contribution >= 0.6 is 31.9 Å². The molecule has 2 aromatic carbocycles. The van der Waals surface area contributed by atoms with E-state index in [2.05, 4.69) is 42.8 Å². The SMILES string of the molecule is Cc1c(F)cc(NNN(N)c2cc(Br)c(C)c(Br)c2)cc1F. The van der Waals surface area contributed by atoms with E-state index < -0.39 is 11.6 Å². The highest BCUT2D eigenvalue weighted by molar-refractivity contribution is 9.11. The lowest BCUT2D eigenvalue weighted by molar-refractivity contribution is 0.568. The minimum Gasteiger partial charge on any atom is -0.302 e. The van der Waals surface area contributed by atoms with Crippen LogP contribution < -0.4 is 21.9 Å². The van der Waals surface area contributed by atoms with Gasteiger partial charge in [-0.25, -0.2) is 19.7 Å². The first-order chi connectivity index (χ1) is 10.3. The van der Waals surface area contributed by atoms with Gasteiger partial charge in [0.2, 0.25) is 0 Å². The standard InChI is InChI=1S/C14H14Br2F2N4/c1-7-11(15)5-10(6-12(7)16)22(19)21-20-9-3-13(17)8(2)14(18)4-9/h3-6,20-21H,19H2,1-2H3. The van der Waals surface area contributed by atoms with Crippen LogP contribution in [0.2, 0.25) is 0 Å². The fraction of sp³-hybridized carbons (Fsp3) is 0.143. The molecule has 0 saturated carbocycles. The summed E-state index contributed by atoms with van der Waals surface area (Å²) in [6.07, 6.45) is 0. The van der Waals surface area contributed by atoms with Crippen molar-refractivity contribution in [2.45, 2.75) is 13.8 Å². The summed E-state index contributed by atoms with van der Waals surface area (Å²) >= 11 is 6.86. The Hall–Kier alpha value is -1.22. The Balaban J connectivity index is 2.12. The molecule has 0 aromatic heterocycles. The number of rotatable bonds is 4. The summed E-state index contributed by atoms with van der Waals surface area (Å²) in [5.41, 5.74) is 7.17. The smallest absolute Gasteiger partial charge is 0.131 e. The normalized spacial score (nSPS) is 10.7. The molecular formula is C14H14Br2F2N4. The van der Waals surface area contributed by atoms with E-state index in [-0.39, 0.29) is 11.3 Å². The summed E-state index contributed by atoms with van der Waals surface area (Å²) in [4.78, 5) is 0. The topological polar surface area (TPSA) is 53.3 Å². The number of anilines is 2. The number of hydrogen-bond acceptors (Lipinski definition) is 4. The molecule has 8 heteroatoms. The molecule has 22 heavy (non-hydrogen) atoms. The predicted octanol–water partition coefficient (Wildman–Crippen LogP) is 4.32. The summed E-state index contributed by atoms with van der Waals surface area (Å²) in [5.74, 6) is 4.61. The zero-order valence-corrected chi connectivity index (χ0v) is 15.0. The van der Waals surface area contributed by atoms with E-state index in [1.807, 2.05) is 19.1 Å². The summed E-state index contributed by atoms with van der Waals surface area (Å²) in [6.45, 7) is 3.32. The highest BCUT2D eigenvalue weighted by atomic mass is 79.9. The van der Waals surface area contributed by atoms with Gasteiger partial charge in [-0.3, -0.25) is 0 Å². The Kier molecular flexibility index (Phi) is 5.38. The molecule has 0 aliphatic rings. The second-order valence-corrected chi connectivity index (χ2v) is 6.41. The lowest BCUT2D eigenvalue weighted by Crippen LogP contribution is -2.47. The molecule has 4 N–H and O–H groups in total. The van der Waals surface area contributed by atoms with Gasteiger partial charge in [0, 0.05) is 14.5 Å². The largest absolute Gasteiger partial charge is 0.302 e. The number of hydrogen-bond donors (Lipinski definition) is 3. The van der Waals surface area contributed by atoms with E-state index in [1.54, 1.807) is 0 Å². The fourth-order valence-electron chi connectivity index (χ4n) is 1.68. The molecule has 4 nitrogen and oxygen atoms in total. The van der Waals surface area contributed by atoms with Crippen molar-refractivity contribution >= 4 is 43.2 Å². The quantitative estimate of drug-likeness (QED) is 0.494. The van der Waals surface area contributed by atoms with Crippen LogP contribution in [0, 0.1) is 25.5 Å². The molecule has 0 fully saturated rings. The van der Waals surface area contributed by atoms with Crippen molar-refractivity contribution in [2.24, 2.45) is 5.84 Å². The van der Waals surface area contributed by atoms with Crippen LogP contribution in [0.25, 0.3) is 0 Å². The van der Waals surface area contributed by atoms with Gasteiger partial charge in [-0.15, -0.1) is 5.53 Å². The van der Waals surface area contributed by atoms with Crippen LogP contribution in [0.15, 0.2) is 33.2 Å². The van der Waals surface area contributed by atoms with Crippen LogP contribution in [0.4, 0.5) is 20.2 Å². The molecule has 0 aliphatic heterocycles. The number of halogens is 4. The van der Waals surface area contributed by atoms with Crippen molar-refractivity contribution in [1.29, 1.82) is 0 Å². The minimum absolute atomic E-state index is 0.0263. The first-order valence-electron chi connectivity index (χ1n) is 6.27. The van der Waals surface area contributed by atoms with Gasteiger partial charge in [0.1, 0.15) is 11.6 Å². The maximum Gasteiger partial charge on any atom is 0.131 e. The van der Waals surface area contributed by atoms with Crippen molar-refractivity contribution in [1.82, 2.24) is 5.53 Å². The number of nitrogens with zero attached hydrogens (tertiary/aromatic N) is 1. The Morgan fingerprint density at radius 3 is 1.95 bits per heavy atom. The van der Waals surface area contributed by atoms with Gasteiger partial charge in [0.05, 0.1) is 11.4 Å². The van der Waals surface area contributed by atoms with Crippen LogP contribution in [-0.4, -0.2) is 0 Å². The molecule has 2 aromatic rings. The van der Waals surface area contributed by atoms with Crippen LogP contribution in [-0.2, 0) is 0 Å². The predicted molar refractivity (Wildman–Crippen MR) is 91.1 cm³/mol. The molecule has 0 spiro atoms. The Morgan fingerprint density at radius 2 is 1.45 bits per heavy atom. The molecule has 0 amide bonds. The van der Waals surface area contributed by atoms with E-state index in [0.717, 1.165) is 14.5 Å². The van der Waals surface area contributed by atoms with Crippen LogP contribution in [0.3, 0.4) is 0 Å². The lowest BCUT2D eigenvalue weighted by atomic mass is 10.2. The molecule has 2 rings (SSSR count). The molecule has 0 heterocycles. The van der Waals surface area contributed by atoms with Gasteiger partial charge in [-0.05, 0) is 43.7 Å². The second-order valence-electron chi connectivity index (χ2n) is 4.71. The summed E-state index contributed by atoms with van der Waals surface area (Å²) in [6, 6.07) is 5.98. The Labute approximate surface area is 143 Å². The average molecular weight is 436 g/mol. The summed E-state index contributed by atoms with van der Waals surface area (Å²) < 4.78 is 28.7. The van der Waals surface area contributed by atoms with Crippen LogP contribution in [0.5, 0.6) is 0 Å². The van der Waals surface area contributed by atoms with Crippen LogP contribution in [0.1, 0.15) is 11.1 Å². The van der Waals surface area contributed by atoms with Crippen molar-refractivity contribution in [3.05, 3.63) is 56.0 Å². The van der Waals surface area contributed by atoms with Crippen molar-refractivity contribution in [3.63, 3.8) is 0 Å². The van der Waals surface area contributed by atoms with Gasteiger partial charge in [0.15, 0.2) is 0 Å². The number of nitrogens with one attached hydrogen (secondary N) is 2. The van der Waals surface area contributed by atoms with Crippen molar-refractivity contribution in [2.75, 3.05) is 10.5 Å². The number of nitrogens with two attached hydrogens (primary N) is 1. The van der Waals surface area contributed by atoms with Crippen molar-refractivity contribution < 1.29 is 8.78 Å². The maximum atomic E-state index is 13.5. The van der Waals surface area contributed by atoms with E-state index in [0.29, 0.717) is 5.69 Å². The Morgan fingerprint density at radius 1 is 0.955 bits per heavy atom. The molecule has 118 valence electrons. The highest BCUT2D eigenvalue weighted by Crippen LogP contribution is 2.29. The molecule has 0 atom stereocenters. The second kappa shape index (κ2) is 6.91.